The summed E-state index contributed by atoms with van der Waals surface area (Å²) in [7, 11) is 1.54. The van der Waals surface area contributed by atoms with E-state index in [0.29, 0.717) is 18.4 Å². The Morgan fingerprint density at radius 2 is 1.90 bits per heavy atom. The predicted octanol–water partition coefficient (Wildman–Crippen LogP) is 2.22. The number of carboxylic acid groups (broad SMARTS) is 1. The van der Waals surface area contributed by atoms with Crippen LogP contribution in [0.15, 0.2) is 18.2 Å². The standard InChI is InChI=1S/C14H17F2NO3/c1-17(8-7-14(19)20)13(18)4-2-3-10-5-6-11(15)12(16)9-10/h5-6,9H,2-4,7-8H2,1H3,(H,19,20). The summed E-state index contributed by atoms with van der Waals surface area (Å²) < 4.78 is 25.7. The Kier molecular flexibility index (Phi) is 6.09. The van der Waals surface area contributed by atoms with Crippen molar-refractivity contribution in [2.24, 2.45) is 0 Å². The van der Waals surface area contributed by atoms with Crippen LogP contribution in [-0.2, 0) is 16.0 Å². The first-order valence-electron chi connectivity index (χ1n) is 6.30. The number of aryl methyl sites for hydroxylation is 1. The number of carbonyl (C=O) groups excluding carboxylic acids is 1. The van der Waals surface area contributed by atoms with Gasteiger partial charge in [0, 0.05) is 20.0 Å². The molecule has 0 atom stereocenters. The Labute approximate surface area is 116 Å². The molecule has 1 amide bonds. The highest BCUT2D eigenvalue weighted by atomic mass is 19.2. The third-order valence-electron chi connectivity index (χ3n) is 2.93. The molecule has 0 fully saturated rings. The van der Waals surface area contributed by atoms with Gasteiger partial charge >= 0.3 is 5.97 Å². The van der Waals surface area contributed by atoms with Crippen molar-refractivity contribution in [3.05, 3.63) is 35.4 Å². The monoisotopic (exact) mass is 285 g/mol. The summed E-state index contributed by atoms with van der Waals surface area (Å²) in [5.74, 6) is -2.90. The van der Waals surface area contributed by atoms with Crippen LogP contribution in [0.5, 0.6) is 0 Å². The van der Waals surface area contributed by atoms with Gasteiger partial charge in [0.25, 0.3) is 0 Å². The summed E-state index contributed by atoms with van der Waals surface area (Å²) in [6.07, 6.45) is 1.12. The van der Waals surface area contributed by atoms with Crippen molar-refractivity contribution in [1.29, 1.82) is 0 Å². The fraction of sp³-hybridized carbons (Fsp3) is 0.429. The number of amides is 1. The topological polar surface area (TPSA) is 57.6 Å². The van der Waals surface area contributed by atoms with Crippen LogP contribution in [0.4, 0.5) is 8.78 Å². The lowest BCUT2D eigenvalue weighted by atomic mass is 10.1. The smallest absolute Gasteiger partial charge is 0.305 e. The number of hydrogen-bond donors (Lipinski definition) is 1. The molecule has 1 aromatic rings. The number of carbonyl (C=O) groups is 2. The zero-order valence-electron chi connectivity index (χ0n) is 11.2. The lowest BCUT2D eigenvalue weighted by Crippen LogP contribution is -2.28. The first-order chi connectivity index (χ1) is 9.40. The first kappa shape index (κ1) is 16.1. The van der Waals surface area contributed by atoms with E-state index in [0.717, 1.165) is 12.1 Å². The van der Waals surface area contributed by atoms with Gasteiger partial charge in [-0.1, -0.05) is 6.07 Å². The Hall–Kier alpha value is -1.98. The van der Waals surface area contributed by atoms with Gasteiger partial charge in [-0.3, -0.25) is 9.59 Å². The molecule has 0 heterocycles. The average molecular weight is 285 g/mol. The minimum Gasteiger partial charge on any atom is -0.481 e. The maximum absolute atomic E-state index is 13.0. The van der Waals surface area contributed by atoms with E-state index in [1.54, 1.807) is 7.05 Å². The molecule has 4 nitrogen and oxygen atoms in total. The zero-order valence-corrected chi connectivity index (χ0v) is 11.2. The van der Waals surface area contributed by atoms with E-state index >= 15 is 0 Å². The zero-order chi connectivity index (χ0) is 15.1. The summed E-state index contributed by atoms with van der Waals surface area (Å²) in [6, 6.07) is 3.66. The largest absolute Gasteiger partial charge is 0.481 e. The molecule has 0 aromatic heterocycles. The second-order valence-corrected chi connectivity index (χ2v) is 4.56. The second-order valence-electron chi connectivity index (χ2n) is 4.56. The van der Waals surface area contributed by atoms with Crippen LogP contribution in [0.25, 0.3) is 0 Å². The van der Waals surface area contributed by atoms with Gasteiger partial charge in [0.2, 0.25) is 5.91 Å². The SMILES string of the molecule is CN(CCC(=O)O)C(=O)CCCc1ccc(F)c(F)c1. The third-order valence-corrected chi connectivity index (χ3v) is 2.93. The van der Waals surface area contributed by atoms with E-state index in [9.17, 15) is 18.4 Å². The van der Waals surface area contributed by atoms with Crippen molar-refractivity contribution in [3.8, 4) is 0 Å². The number of rotatable bonds is 7. The van der Waals surface area contributed by atoms with Gasteiger partial charge in [-0.2, -0.15) is 0 Å². The molecule has 0 bridgehead atoms. The summed E-state index contributed by atoms with van der Waals surface area (Å²) >= 11 is 0. The minimum absolute atomic E-state index is 0.0919. The summed E-state index contributed by atoms with van der Waals surface area (Å²) in [4.78, 5) is 23.4. The molecule has 0 aliphatic rings. The van der Waals surface area contributed by atoms with E-state index in [-0.39, 0.29) is 25.3 Å². The van der Waals surface area contributed by atoms with Gasteiger partial charge in [0.1, 0.15) is 0 Å². The van der Waals surface area contributed by atoms with Crippen molar-refractivity contribution in [2.75, 3.05) is 13.6 Å². The fourth-order valence-electron chi connectivity index (χ4n) is 1.72. The van der Waals surface area contributed by atoms with E-state index < -0.39 is 17.6 Å². The van der Waals surface area contributed by atoms with Crippen LogP contribution in [0.1, 0.15) is 24.8 Å². The molecule has 0 saturated heterocycles. The molecule has 1 N–H and O–H groups in total. The molecule has 1 rings (SSSR count). The van der Waals surface area contributed by atoms with Crippen molar-refractivity contribution in [2.45, 2.75) is 25.7 Å². The van der Waals surface area contributed by atoms with Crippen molar-refractivity contribution in [1.82, 2.24) is 4.90 Å². The Bertz CT molecular complexity index is 491. The highest BCUT2D eigenvalue weighted by molar-refractivity contribution is 5.76. The number of aliphatic carboxylic acids is 1. The minimum atomic E-state index is -0.952. The van der Waals surface area contributed by atoms with E-state index in [1.807, 2.05) is 0 Å². The number of hydrogen-bond acceptors (Lipinski definition) is 2. The van der Waals surface area contributed by atoms with Crippen LogP contribution < -0.4 is 0 Å². The predicted molar refractivity (Wildman–Crippen MR) is 69.2 cm³/mol. The molecule has 20 heavy (non-hydrogen) atoms. The lowest BCUT2D eigenvalue weighted by Gasteiger charge is -2.15. The van der Waals surface area contributed by atoms with Crippen LogP contribution in [0, 0.1) is 11.6 Å². The normalized spacial score (nSPS) is 10.3. The van der Waals surface area contributed by atoms with Gasteiger partial charge in [0.15, 0.2) is 11.6 Å². The van der Waals surface area contributed by atoms with Gasteiger partial charge in [-0.25, -0.2) is 8.78 Å². The maximum atomic E-state index is 13.0. The van der Waals surface area contributed by atoms with E-state index in [4.69, 9.17) is 5.11 Å². The Morgan fingerprint density at radius 1 is 1.20 bits per heavy atom. The van der Waals surface area contributed by atoms with Gasteiger partial charge < -0.3 is 10.0 Å². The summed E-state index contributed by atoms with van der Waals surface area (Å²) in [5, 5.41) is 8.51. The first-order valence-corrected chi connectivity index (χ1v) is 6.30. The van der Waals surface area contributed by atoms with Gasteiger partial charge in [-0.05, 0) is 30.5 Å². The van der Waals surface area contributed by atoms with E-state index in [2.05, 4.69) is 0 Å². The Morgan fingerprint density at radius 3 is 2.50 bits per heavy atom. The van der Waals surface area contributed by atoms with Crippen LogP contribution in [-0.4, -0.2) is 35.5 Å². The number of carboxylic acids is 1. The quantitative estimate of drug-likeness (QED) is 0.835. The number of halogens is 2. The van der Waals surface area contributed by atoms with Crippen molar-refractivity contribution in [3.63, 3.8) is 0 Å². The average Bonchev–Trinajstić information content (AvgIpc) is 2.39. The molecular weight excluding hydrogens is 268 g/mol. The molecule has 0 aliphatic carbocycles. The lowest BCUT2D eigenvalue weighted by molar-refractivity contribution is -0.138. The fourth-order valence-corrected chi connectivity index (χ4v) is 1.72. The van der Waals surface area contributed by atoms with Crippen molar-refractivity contribution >= 4 is 11.9 Å². The van der Waals surface area contributed by atoms with Crippen molar-refractivity contribution < 1.29 is 23.5 Å². The second kappa shape index (κ2) is 7.57. The molecular formula is C14H17F2NO3. The molecule has 0 saturated carbocycles. The van der Waals surface area contributed by atoms with Crippen LogP contribution >= 0.6 is 0 Å². The molecule has 6 heteroatoms. The molecule has 0 spiro atoms. The van der Waals surface area contributed by atoms with Gasteiger partial charge in [-0.15, -0.1) is 0 Å². The number of benzene rings is 1. The molecule has 0 radical (unpaired) electrons. The molecule has 1 aromatic carbocycles. The third kappa shape index (κ3) is 5.34. The summed E-state index contributed by atoms with van der Waals surface area (Å²) in [6.45, 7) is 0.166. The molecule has 0 unspecified atom stereocenters. The highest BCUT2D eigenvalue weighted by Crippen LogP contribution is 2.11. The van der Waals surface area contributed by atoms with Gasteiger partial charge in [0.05, 0.1) is 6.42 Å². The van der Waals surface area contributed by atoms with Crippen LogP contribution in [0.3, 0.4) is 0 Å². The molecule has 110 valence electrons. The highest BCUT2D eigenvalue weighted by Gasteiger charge is 2.10. The maximum Gasteiger partial charge on any atom is 0.305 e. The van der Waals surface area contributed by atoms with Crippen LogP contribution in [0.2, 0.25) is 0 Å². The van der Waals surface area contributed by atoms with E-state index in [1.165, 1.54) is 11.0 Å². The number of nitrogens with zero attached hydrogens (tertiary/aromatic N) is 1. The summed E-state index contributed by atoms with van der Waals surface area (Å²) in [5.41, 5.74) is 0.630. The molecule has 0 aliphatic heterocycles. The Balaban J connectivity index is 2.34.